The number of likely N-dealkylation sites (tertiary alicyclic amines) is 1. The van der Waals surface area contributed by atoms with Crippen molar-refractivity contribution in [2.75, 3.05) is 23.7 Å². The number of anilines is 2. The van der Waals surface area contributed by atoms with Gasteiger partial charge in [0.1, 0.15) is 12.1 Å². The van der Waals surface area contributed by atoms with Crippen LogP contribution in [0, 0.1) is 11.3 Å². The molecule has 34 heavy (non-hydrogen) atoms. The molecule has 2 aliphatic heterocycles. The van der Waals surface area contributed by atoms with Crippen molar-refractivity contribution in [2.24, 2.45) is 0 Å². The maximum absolute atomic E-state index is 12.6. The number of nitriles is 1. The monoisotopic (exact) mass is 483 g/mol. The van der Waals surface area contributed by atoms with E-state index in [0.29, 0.717) is 34.9 Å². The Labute approximate surface area is 202 Å². The molecule has 2 saturated heterocycles. The minimum atomic E-state index is -0.720. The van der Waals surface area contributed by atoms with Crippen molar-refractivity contribution < 1.29 is 19.5 Å². The number of nitrogens with one attached hydrogen (secondary N) is 3. The van der Waals surface area contributed by atoms with Crippen molar-refractivity contribution in [1.29, 1.82) is 5.26 Å². The van der Waals surface area contributed by atoms with Gasteiger partial charge in [-0.3, -0.25) is 9.59 Å². The Morgan fingerprint density at radius 1 is 1.00 bits per heavy atom. The smallest absolute Gasteiger partial charge is 0.322 e. The van der Waals surface area contributed by atoms with Crippen LogP contribution in [0.15, 0.2) is 48.5 Å². The topological polar surface area (TPSA) is 135 Å². The number of carbonyl (C=O) groups excluding carboxylic acids is 2. The highest BCUT2D eigenvalue weighted by atomic mass is 35.5. The zero-order chi connectivity index (χ0) is 24.5. The van der Waals surface area contributed by atoms with Crippen LogP contribution in [-0.2, 0) is 9.59 Å². The quantitative estimate of drug-likeness (QED) is 0.524. The van der Waals surface area contributed by atoms with Crippen LogP contribution in [0.25, 0.3) is 0 Å². The second-order valence-corrected chi connectivity index (χ2v) is 8.39. The molecule has 2 aromatic rings. The van der Waals surface area contributed by atoms with Crippen LogP contribution >= 0.6 is 11.6 Å². The van der Waals surface area contributed by atoms with E-state index in [-0.39, 0.29) is 18.0 Å². The van der Waals surface area contributed by atoms with E-state index in [0.717, 1.165) is 25.8 Å². The highest BCUT2D eigenvalue weighted by Crippen LogP contribution is 2.21. The lowest BCUT2D eigenvalue weighted by Gasteiger charge is -2.24. The van der Waals surface area contributed by atoms with Crippen molar-refractivity contribution in [3.8, 4) is 6.07 Å². The van der Waals surface area contributed by atoms with Crippen LogP contribution in [0.5, 0.6) is 0 Å². The number of amides is 3. The lowest BCUT2D eigenvalue weighted by Crippen LogP contribution is -2.45. The van der Waals surface area contributed by atoms with E-state index in [9.17, 15) is 14.4 Å². The Morgan fingerprint density at radius 2 is 1.65 bits per heavy atom. The molecule has 4 rings (SSSR count). The fourth-order valence-corrected chi connectivity index (χ4v) is 3.89. The van der Waals surface area contributed by atoms with Crippen LogP contribution in [-0.4, -0.2) is 53.1 Å². The summed E-state index contributed by atoms with van der Waals surface area (Å²) in [6.07, 6.45) is 3.15. The lowest BCUT2D eigenvalue weighted by molar-refractivity contribution is -0.139. The molecule has 0 aromatic heterocycles. The number of benzene rings is 2. The summed E-state index contributed by atoms with van der Waals surface area (Å²) in [5.41, 5.74) is 1.74. The first-order chi connectivity index (χ1) is 16.4. The fourth-order valence-electron chi connectivity index (χ4n) is 3.76. The summed E-state index contributed by atoms with van der Waals surface area (Å²) in [7, 11) is 0. The molecule has 2 unspecified atom stereocenters. The number of aliphatic carboxylic acids is 1. The van der Waals surface area contributed by atoms with Gasteiger partial charge in [0.2, 0.25) is 5.91 Å². The molecular weight excluding hydrogens is 458 g/mol. The van der Waals surface area contributed by atoms with Gasteiger partial charge in [0, 0.05) is 22.9 Å². The summed E-state index contributed by atoms with van der Waals surface area (Å²) in [5, 5.41) is 26.2. The third kappa shape index (κ3) is 6.94. The number of rotatable bonds is 4. The normalized spacial score (nSPS) is 18.9. The maximum Gasteiger partial charge on any atom is 0.322 e. The Morgan fingerprint density at radius 3 is 2.21 bits per heavy atom. The molecule has 4 N–H and O–H groups in total. The van der Waals surface area contributed by atoms with Crippen LogP contribution in [0.3, 0.4) is 0 Å². The van der Waals surface area contributed by atoms with E-state index >= 15 is 0 Å². The number of carbonyl (C=O) groups is 3. The van der Waals surface area contributed by atoms with Gasteiger partial charge in [0.15, 0.2) is 0 Å². The highest BCUT2D eigenvalue weighted by molar-refractivity contribution is 6.30. The summed E-state index contributed by atoms with van der Waals surface area (Å²) in [4.78, 5) is 36.8. The minimum Gasteiger partial charge on any atom is -0.480 e. The van der Waals surface area contributed by atoms with E-state index in [2.05, 4.69) is 16.0 Å². The third-order valence-corrected chi connectivity index (χ3v) is 5.80. The van der Waals surface area contributed by atoms with Crippen molar-refractivity contribution in [2.45, 2.75) is 37.8 Å². The molecule has 9 nitrogen and oxygen atoms in total. The Kier molecular flexibility index (Phi) is 8.85. The largest absolute Gasteiger partial charge is 0.480 e. The van der Waals surface area contributed by atoms with Crippen molar-refractivity contribution in [3.05, 3.63) is 59.1 Å². The van der Waals surface area contributed by atoms with Crippen molar-refractivity contribution in [3.63, 3.8) is 0 Å². The number of halogens is 1. The third-order valence-electron chi connectivity index (χ3n) is 5.55. The Hall–Kier alpha value is -3.61. The van der Waals surface area contributed by atoms with Gasteiger partial charge in [0.25, 0.3) is 0 Å². The molecule has 10 heteroatoms. The van der Waals surface area contributed by atoms with E-state index in [1.165, 1.54) is 4.90 Å². The van der Waals surface area contributed by atoms with Gasteiger partial charge in [0.05, 0.1) is 11.6 Å². The molecule has 0 aliphatic carbocycles. The van der Waals surface area contributed by atoms with Crippen LogP contribution in [0.1, 0.15) is 31.2 Å². The number of hydrogen-bond acceptors (Lipinski definition) is 5. The molecule has 0 saturated carbocycles. The van der Waals surface area contributed by atoms with Crippen molar-refractivity contribution >= 4 is 40.9 Å². The molecule has 2 atom stereocenters. The summed E-state index contributed by atoms with van der Waals surface area (Å²) in [6, 6.07) is 14.3. The predicted molar refractivity (Wildman–Crippen MR) is 129 cm³/mol. The molecular formula is C24H26ClN5O4. The number of carboxylic acids is 1. The SMILES string of the molecule is N#Cc1ccc(NC(=O)C2CCCN2C(=O)Nc2ccc(Cl)cc2)cc1.O=C(O)C1CCCN1. The van der Waals surface area contributed by atoms with Gasteiger partial charge in [-0.15, -0.1) is 0 Å². The zero-order valence-electron chi connectivity index (χ0n) is 18.5. The fraction of sp³-hybridized carbons (Fsp3) is 0.333. The molecule has 2 fully saturated rings. The standard InChI is InChI=1S/C19H17ClN4O2.C5H9NO2/c20-14-5-9-16(10-6-14)23-19(26)24-11-1-2-17(24)18(25)22-15-7-3-13(12-21)4-8-15;7-5(8)4-2-1-3-6-4/h3-10,17H,1-2,11H2,(H,22,25)(H,23,26);4,6H,1-3H2,(H,7,8). The first-order valence-corrected chi connectivity index (χ1v) is 11.4. The molecule has 2 aliphatic rings. The number of carboxylic acid groups (broad SMARTS) is 1. The molecule has 2 aromatic carbocycles. The first kappa shape index (κ1) is 25.0. The molecule has 0 bridgehead atoms. The lowest BCUT2D eigenvalue weighted by atomic mass is 10.2. The van der Waals surface area contributed by atoms with Gasteiger partial charge in [-0.2, -0.15) is 5.26 Å². The second kappa shape index (κ2) is 12.0. The molecule has 178 valence electrons. The highest BCUT2D eigenvalue weighted by Gasteiger charge is 2.34. The average Bonchev–Trinajstić information content (AvgIpc) is 3.54. The predicted octanol–water partition coefficient (Wildman–Crippen LogP) is 3.67. The van der Waals surface area contributed by atoms with Gasteiger partial charge < -0.3 is 26.0 Å². The number of urea groups is 1. The van der Waals surface area contributed by atoms with E-state index in [1.54, 1.807) is 48.5 Å². The van der Waals surface area contributed by atoms with Crippen molar-refractivity contribution in [1.82, 2.24) is 10.2 Å². The number of hydrogen-bond donors (Lipinski definition) is 4. The summed E-state index contributed by atoms with van der Waals surface area (Å²) in [5.74, 6) is -0.957. The van der Waals surface area contributed by atoms with Crippen LogP contribution < -0.4 is 16.0 Å². The number of nitrogens with zero attached hydrogens (tertiary/aromatic N) is 2. The van der Waals surface area contributed by atoms with E-state index < -0.39 is 12.0 Å². The Bertz CT molecular complexity index is 1050. The minimum absolute atomic E-state index is 0.238. The molecule has 2 heterocycles. The maximum atomic E-state index is 12.6. The molecule has 3 amide bonds. The van der Waals surface area contributed by atoms with Gasteiger partial charge in [-0.25, -0.2) is 4.79 Å². The average molecular weight is 484 g/mol. The second-order valence-electron chi connectivity index (χ2n) is 7.95. The van der Waals surface area contributed by atoms with E-state index in [4.69, 9.17) is 22.0 Å². The molecule has 0 spiro atoms. The van der Waals surface area contributed by atoms with Crippen LogP contribution in [0.2, 0.25) is 5.02 Å². The summed E-state index contributed by atoms with van der Waals surface area (Å²) in [6.45, 7) is 1.38. The van der Waals surface area contributed by atoms with Gasteiger partial charge in [-0.05, 0) is 80.8 Å². The Balaban J connectivity index is 0.000000343. The summed E-state index contributed by atoms with van der Waals surface area (Å²) < 4.78 is 0. The van der Waals surface area contributed by atoms with E-state index in [1.807, 2.05) is 6.07 Å². The summed E-state index contributed by atoms with van der Waals surface area (Å²) >= 11 is 5.84. The molecule has 0 radical (unpaired) electrons. The van der Waals surface area contributed by atoms with Gasteiger partial charge >= 0.3 is 12.0 Å². The zero-order valence-corrected chi connectivity index (χ0v) is 19.2. The first-order valence-electron chi connectivity index (χ1n) is 11.0. The van der Waals surface area contributed by atoms with Gasteiger partial charge in [-0.1, -0.05) is 11.6 Å². The van der Waals surface area contributed by atoms with Crippen LogP contribution in [0.4, 0.5) is 16.2 Å².